The third kappa shape index (κ3) is 9.01. The summed E-state index contributed by atoms with van der Waals surface area (Å²) in [6.07, 6.45) is -1.07. The molecule has 0 saturated heterocycles. The molecule has 8 nitrogen and oxygen atoms in total. The molecule has 0 rings (SSSR count). The number of hydrogen-bond acceptors (Lipinski definition) is 4. The molecule has 0 radical (unpaired) electrons. The first-order valence-electron chi connectivity index (χ1n) is 4.97. The number of nitrogens with one attached hydrogen (secondary N) is 1. The normalized spacial score (nSPS) is 12.2. The molecule has 0 aliphatic carbocycles. The number of amides is 1. The molecule has 0 bridgehead atoms. The SMILES string of the molecule is CC(C)(C)OC(=O)N[C@@H](CN=[N+]=[N-])CC(=O)O. The van der Waals surface area contributed by atoms with Gasteiger partial charge < -0.3 is 15.2 Å². The number of hydrogen-bond donors (Lipinski definition) is 2. The van der Waals surface area contributed by atoms with Crippen LogP contribution in [0.1, 0.15) is 27.2 Å². The first kappa shape index (κ1) is 15.0. The van der Waals surface area contributed by atoms with Gasteiger partial charge in [0.05, 0.1) is 6.42 Å². The van der Waals surface area contributed by atoms with Gasteiger partial charge in [0.1, 0.15) is 5.60 Å². The molecule has 0 saturated carbocycles. The van der Waals surface area contributed by atoms with Gasteiger partial charge in [-0.25, -0.2) is 4.79 Å². The summed E-state index contributed by atoms with van der Waals surface area (Å²) in [5, 5.41) is 14.2. The Morgan fingerprint density at radius 3 is 2.53 bits per heavy atom. The lowest BCUT2D eigenvalue weighted by Crippen LogP contribution is -2.41. The number of azide groups is 1. The number of nitrogens with zero attached hydrogens (tertiary/aromatic N) is 3. The minimum absolute atomic E-state index is 0.137. The van der Waals surface area contributed by atoms with Gasteiger partial charge in [-0.1, -0.05) is 5.11 Å². The van der Waals surface area contributed by atoms with Crippen molar-refractivity contribution in [1.82, 2.24) is 5.32 Å². The summed E-state index contributed by atoms with van der Waals surface area (Å²) < 4.78 is 4.95. The molecule has 0 fully saturated rings. The van der Waals surface area contributed by atoms with E-state index >= 15 is 0 Å². The Morgan fingerprint density at radius 2 is 2.12 bits per heavy atom. The minimum atomic E-state index is -1.10. The van der Waals surface area contributed by atoms with Gasteiger partial charge in [-0.15, -0.1) is 0 Å². The summed E-state index contributed by atoms with van der Waals surface area (Å²) >= 11 is 0. The van der Waals surface area contributed by atoms with E-state index in [9.17, 15) is 9.59 Å². The lowest BCUT2D eigenvalue weighted by atomic mass is 10.2. The fourth-order valence-electron chi connectivity index (χ4n) is 0.981. The number of aliphatic carboxylic acids is 1. The maximum Gasteiger partial charge on any atom is 0.407 e. The Bertz CT molecular complexity index is 326. The molecule has 1 amide bonds. The van der Waals surface area contributed by atoms with Gasteiger partial charge in [-0.2, -0.15) is 0 Å². The molecule has 0 aromatic rings. The highest BCUT2D eigenvalue weighted by molar-refractivity contribution is 5.71. The van der Waals surface area contributed by atoms with Crippen LogP contribution in [0.2, 0.25) is 0 Å². The number of carbonyl (C=O) groups is 2. The molecule has 0 unspecified atom stereocenters. The molecular formula is C9H16N4O4. The summed E-state index contributed by atoms with van der Waals surface area (Å²) in [6, 6.07) is -0.779. The van der Waals surface area contributed by atoms with Crippen LogP contribution in [0.5, 0.6) is 0 Å². The summed E-state index contributed by atoms with van der Waals surface area (Å²) in [4.78, 5) is 24.4. The average molecular weight is 244 g/mol. The molecule has 1 atom stereocenters. The number of carboxylic acid groups (broad SMARTS) is 1. The molecule has 0 aliphatic heterocycles. The van der Waals surface area contributed by atoms with Crippen molar-refractivity contribution >= 4 is 12.1 Å². The van der Waals surface area contributed by atoms with Crippen LogP contribution >= 0.6 is 0 Å². The van der Waals surface area contributed by atoms with Crippen LogP contribution in [-0.4, -0.2) is 35.4 Å². The van der Waals surface area contributed by atoms with Gasteiger partial charge in [0.25, 0.3) is 0 Å². The highest BCUT2D eigenvalue weighted by Crippen LogP contribution is 2.07. The second-order valence-electron chi connectivity index (χ2n) is 4.35. The summed E-state index contributed by atoms with van der Waals surface area (Å²) in [5.74, 6) is -1.10. The average Bonchev–Trinajstić information content (AvgIpc) is 2.09. The third-order valence-electron chi connectivity index (χ3n) is 1.51. The number of carbonyl (C=O) groups excluding carboxylic acids is 1. The topological polar surface area (TPSA) is 124 Å². The van der Waals surface area contributed by atoms with Gasteiger partial charge in [0.15, 0.2) is 0 Å². The van der Waals surface area contributed by atoms with Crippen molar-refractivity contribution in [2.45, 2.75) is 38.8 Å². The molecule has 0 aromatic carbocycles. The summed E-state index contributed by atoms with van der Waals surface area (Å²) in [6.45, 7) is 4.92. The van der Waals surface area contributed by atoms with E-state index in [0.29, 0.717) is 0 Å². The quantitative estimate of drug-likeness (QED) is 0.433. The Hall–Kier alpha value is -1.95. The van der Waals surface area contributed by atoms with Crippen LogP contribution in [0, 0.1) is 0 Å². The monoisotopic (exact) mass is 244 g/mol. The molecule has 0 aliphatic rings. The Morgan fingerprint density at radius 1 is 1.53 bits per heavy atom. The molecule has 0 spiro atoms. The smallest absolute Gasteiger partial charge is 0.407 e. The van der Waals surface area contributed by atoms with Crippen molar-refractivity contribution in [3.8, 4) is 0 Å². The molecule has 17 heavy (non-hydrogen) atoms. The lowest BCUT2D eigenvalue weighted by Gasteiger charge is -2.22. The zero-order valence-corrected chi connectivity index (χ0v) is 10.0. The fourth-order valence-corrected chi connectivity index (χ4v) is 0.981. The minimum Gasteiger partial charge on any atom is -0.481 e. The molecule has 2 N–H and O–H groups in total. The first-order chi connectivity index (χ1) is 7.74. The van der Waals surface area contributed by atoms with Crippen molar-refractivity contribution in [3.63, 3.8) is 0 Å². The van der Waals surface area contributed by atoms with E-state index in [1.807, 2.05) is 0 Å². The first-order valence-corrected chi connectivity index (χ1v) is 4.97. The molecule has 8 heteroatoms. The number of rotatable bonds is 5. The van der Waals surface area contributed by atoms with Crippen molar-refractivity contribution < 1.29 is 19.4 Å². The fraction of sp³-hybridized carbons (Fsp3) is 0.778. The number of ether oxygens (including phenoxy) is 1. The zero-order valence-electron chi connectivity index (χ0n) is 10.0. The maximum atomic E-state index is 11.4. The van der Waals surface area contributed by atoms with E-state index in [1.54, 1.807) is 20.8 Å². The third-order valence-corrected chi connectivity index (χ3v) is 1.51. The largest absolute Gasteiger partial charge is 0.481 e. The lowest BCUT2D eigenvalue weighted by molar-refractivity contribution is -0.137. The van der Waals surface area contributed by atoms with Gasteiger partial charge in [0, 0.05) is 17.5 Å². The Labute approximate surface area is 98.6 Å². The predicted octanol–water partition coefficient (Wildman–Crippen LogP) is 1.66. The molecular weight excluding hydrogens is 228 g/mol. The van der Waals surface area contributed by atoms with Crippen molar-refractivity contribution in [1.29, 1.82) is 0 Å². The van der Waals surface area contributed by atoms with Gasteiger partial charge in [-0.05, 0) is 26.3 Å². The van der Waals surface area contributed by atoms with E-state index < -0.39 is 23.7 Å². The standard InChI is InChI=1S/C9H16N4O4/c1-9(2,3)17-8(16)12-6(4-7(14)15)5-11-13-10/h6H,4-5H2,1-3H3,(H,12,16)(H,14,15)/t6-/m1/s1. The molecule has 0 heterocycles. The van der Waals surface area contributed by atoms with Crippen LogP contribution in [0.3, 0.4) is 0 Å². The van der Waals surface area contributed by atoms with Crippen LogP contribution < -0.4 is 5.32 Å². The molecule has 0 aromatic heterocycles. The van der Waals surface area contributed by atoms with E-state index in [0.717, 1.165) is 0 Å². The van der Waals surface area contributed by atoms with Crippen LogP contribution in [-0.2, 0) is 9.53 Å². The second kappa shape index (κ2) is 6.59. The van der Waals surface area contributed by atoms with E-state index in [4.69, 9.17) is 15.4 Å². The highest BCUT2D eigenvalue weighted by Gasteiger charge is 2.20. The van der Waals surface area contributed by atoms with Crippen LogP contribution in [0.25, 0.3) is 10.4 Å². The predicted molar refractivity (Wildman–Crippen MR) is 59.4 cm³/mol. The highest BCUT2D eigenvalue weighted by atomic mass is 16.6. The van der Waals surface area contributed by atoms with Crippen molar-refractivity contribution in [2.75, 3.05) is 6.54 Å². The van der Waals surface area contributed by atoms with E-state index in [1.165, 1.54) is 0 Å². The maximum absolute atomic E-state index is 11.4. The van der Waals surface area contributed by atoms with E-state index in [-0.39, 0.29) is 13.0 Å². The van der Waals surface area contributed by atoms with Crippen molar-refractivity contribution in [3.05, 3.63) is 10.4 Å². The summed E-state index contributed by atoms with van der Waals surface area (Å²) in [5.41, 5.74) is 7.47. The second-order valence-corrected chi connectivity index (χ2v) is 4.35. The van der Waals surface area contributed by atoms with Crippen LogP contribution in [0.15, 0.2) is 5.11 Å². The Balaban J connectivity index is 4.36. The molecule has 96 valence electrons. The summed E-state index contributed by atoms with van der Waals surface area (Å²) in [7, 11) is 0. The van der Waals surface area contributed by atoms with Crippen LogP contribution in [0.4, 0.5) is 4.79 Å². The van der Waals surface area contributed by atoms with E-state index in [2.05, 4.69) is 15.3 Å². The van der Waals surface area contributed by atoms with Gasteiger partial charge >= 0.3 is 12.1 Å². The zero-order chi connectivity index (χ0) is 13.5. The number of alkyl carbamates (subject to hydrolysis) is 1. The van der Waals surface area contributed by atoms with Gasteiger partial charge in [-0.3, -0.25) is 4.79 Å². The Kier molecular flexibility index (Phi) is 5.84. The van der Waals surface area contributed by atoms with Gasteiger partial charge in [0.2, 0.25) is 0 Å². The number of carboxylic acids is 1. The van der Waals surface area contributed by atoms with Crippen molar-refractivity contribution in [2.24, 2.45) is 5.11 Å².